The van der Waals surface area contributed by atoms with Crippen molar-refractivity contribution < 1.29 is 19.1 Å². The van der Waals surface area contributed by atoms with Crippen molar-refractivity contribution >= 4 is 46.5 Å². The number of nitrogens with one attached hydrogen (secondary N) is 4. The second-order valence-corrected chi connectivity index (χ2v) is 6.09. The highest BCUT2D eigenvalue weighted by atomic mass is 32.1. The van der Waals surface area contributed by atoms with E-state index in [9.17, 15) is 9.59 Å². The number of hydrogen-bond donors (Lipinski definition) is 4. The normalized spacial score (nSPS) is 9.64. The van der Waals surface area contributed by atoms with Crippen molar-refractivity contribution in [3.8, 4) is 11.5 Å². The Hall–Kier alpha value is -3.24. The average molecular weight is 419 g/mol. The van der Waals surface area contributed by atoms with Crippen molar-refractivity contribution in [1.29, 1.82) is 0 Å². The summed E-state index contributed by atoms with van der Waals surface area (Å²) in [6.45, 7) is 0. The van der Waals surface area contributed by atoms with Crippen molar-refractivity contribution in [1.82, 2.24) is 21.5 Å². The zero-order valence-electron chi connectivity index (χ0n) is 15.1. The minimum Gasteiger partial charge on any atom is -0.497 e. The lowest BCUT2D eigenvalue weighted by molar-refractivity contribution is 0.0966. The third-order valence-corrected chi connectivity index (χ3v) is 3.86. The number of hydrogen-bond acceptors (Lipinski definition) is 6. The van der Waals surface area contributed by atoms with E-state index in [0.29, 0.717) is 22.6 Å². The SMILES string of the molecule is COc1ccc(C(=O)NC(=S)NNC(=S)NC(=O)c2ccc(OC)cc2)cc1. The van der Waals surface area contributed by atoms with Gasteiger partial charge in [0.15, 0.2) is 10.2 Å². The molecule has 0 heterocycles. The van der Waals surface area contributed by atoms with Gasteiger partial charge < -0.3 is 9.47 Å². The highest BCUT2D eigenvalue weighted by molar-refractivity contribution is 7.80. The minimum atomic E-state index is -0.407. The molecule has 0 aliphatic rings. The number of carbonyl (C=O) groups is 2. The Labute approximate surface area is 172 Å². The van der Waals surface area contributed by atoms with Crippen molar-refractivity contribution in [2.45, 2.75) is 0 Å². The molecule has 0 unspecified atom stereocenters. The first-order chi connectivity index (χ1) is 13.4. The first kappa shape index (κ1) is 21.1. The molecule has 8 nitrogen and oxygen atoms in total. The van der Waals surface area contributed by atoms with Gasteiger partial charge >= 0.3 is 0 Å². The molecule has 2 aromatic carbocycles. The van der Waals surface area contributed by atoms with Crippen LogP contribution >= 0.6 is 24.4 Å². The van der Waals surface area contributed by atoms with Gasteiger partial charge in [-0.25, -0.2) is 0 Å². The lowest BCUT2D eigenvalue weighted by atomic mass is 10.2. The first-order valence-corrected chi connectivity index (χ1v) is 8.75. The van der Waals surface area contributed by atoms with Crippen LogP contribution in [0.5, 0.6) is 11.5 Å². The Kier molecular flexibility index (Phi) is 7.66. The van der Waals surface area contributed by atoms with Gasteiger partial charge in [-0.1, -0.05) is 0 Å². The maximum absolute atomic E-state index is 12.1. The lowest BCUT2D eigenvalue weighted by Gasteiger charge is -2.13. The summed E-state index contributed by atoms with van der Waals surface area (Å²) < 4.78 is 10.1. The van der Waals surface area contributed by atoms with Crippen LogP contribution in [0.25, 0.3) is 0 Å². The second-order valence-electron chi connectivity index (χ2n) is 5.27. The molecule has 10 heteroatoms. The third-order valence-electron chi connectivity index (χ3n) is 3.45. The van der Waals surface area contributed by atoms with Crippen LogP contribution in [0, 0.1) is 0 Å². The number of rotatable bonds is 4. The van der Waals surface area contributed by atoms with E-state index in [4.69, 9.17) is 33.9 Å². The molecule has 0 atom stereocenters. The molecule has 0 spiro atoms. The summed E-state index contributed by atoms with van der Waals surface area (Å²) >= 11 is 10.0. The fourth-order valence-electron chi connectivity index (χ4n) is 2.01. The highest BCUT2D eigenvalue weighted by Crippen LogP contribution is 2.11. The van der Waals surface area contributed by atoms with E-state index in [2.05, 4.69) is 21.5 Å². The van der Waals surface area contributed by atoms with E-state index in [0.717, 1.165) is 0 Å². The van der Waals surface area contributed by atoms with E-state index in [-0.39, 0.29) is 10.2 Å². The quantitative estimate of drug-likeness (QED) is 0.438. The number of thiocarbonyl (C=S) groups is 2. The second kappa shape index (κ2) is 10.2. The van der Waals surface area contributed by atoms with Crippen LogP contribution in [-0.2, 0) is 0 Å². The molecule has 2 aromatic rings. The molecule has 0 aliphatic heterocycles. The van der Waals surface area contributed by atoms with Gasteiger partial charge in [0.1, 0.15) is 11.5 Å². The number of carbonyl (C=O) groups excluding carboxylic acids is 2. The predicted molar refractivity (Wildman–Crippen MR) is 112 cm³/mol. The summed E-state index contributed by atoms with van der Waals surface area (Å²) in [4.78, 5) is 24.2. The van der Waals surface area contributed by atoms with E-state index in [1.54, 1.807) is 48.5 Å². The standard InChI is InChI=1S/C18H18N4O4S2/c1-25-13-7-3-11(4-8-13)15(23)19-17(27)21-22-18(28)20-16(24)12-5-9-14(26-2)10-6-12/h3-10H,1-2H3,(H2,19,21,23,27)(H2,20,22,24,28). The fourth-order valence-corrected chi connectivity index (χ4v) is 2.30. The molecule has 0 fully saturated rings. The lowest BCUT2D eigenvalue weighted by Crippen LogP contribution is -2.52. The van der Waals surface area contributed by atoms with Crippen LogP contribution in [-0.4, -0.2) is 36.3 Å². The molecule has 4 N–H and O–H groups in total. The van der Waals surface area contributed by atoms with Crippen molar-refractivity contribution in [2.24, 2.45) is 0 Å². The van der Waals surface area contributed by atoms with Gasteiger partial charge in [-0.3, -0.25) is 31.1 Å². The molecule has 28 heavy (non-hydrogen) atoms. The maximum atomic E-state index is 12.1. The van der Waals surface area contributed by atoms with Crippen LogP contribution in [0.1, 0.15) is 20.7 Å². The fraction of sp³-hybridized carbons (Fsp3) is 0.111. The number of hydrazine groups is 1. The number of ether oxygens (including phenoxy) is 2. The van der Waals surface area contributed by atoms with Gasteiger partial charge in [0.05, 0.1) is 14.2 Å². The molecule has 0 saturated carbocycles. The molecule has 0 radical (unpaired) electrons. The zero-order valence-corrected chi connectivity index (χ0v) is 16.7. The average Bonchev–Trinajstić information content (AvgIpc) is 2.72. The van der Waals surface area contributed by atoms with Crippen molar-refractivity contribution in [3.63, 3.8) is 0 Å². The highest BCUT2D eigenvalue weighted by Gasteiger charge is 2.10. The van der Waals surface area contributed by atoms with Gasteiger partial charge in [0, 0.05) is 11.1 Å². The Morgan fingerprint density at radius 1 is 0.679 bits per heavy atom. The van der Waals surface area contributed by atoms with E-state index in [1.807, 2.05) is 0 Å². The van der Waals surface area contributed by atoms with Crippen LogP contribution in [0.4, 0.5) is 0 Å². The van der Waals surface area contributed by atoms with E-state index in [1.165, 1.54) is 14.2 Å². The van der Waals surface area contributed by atoms with Crippen LogP contribution in [0.3, 0.4) is 0 Å². The summed E-state index contributed by atoms with van der Waals surface area (Å²) in [5.74, 6) is 0.457. The van der Waals surface area contributed by atoms with E-state index < -0.39 is 11.8 Å². The van der Waals surface area contributed by atoms with Crippen LogP contribution < -0.4 is 31.0 Å². The van der Waals surface area contributed by atoms with Gasteiger partial charge in [-0.05, 0) is 73.0 Å². The Bertz CT molecular complexity index is 797. The van der Waals surface area contributed by atoms with Gasteiger partial charge in [0.25, 0.3) is 11.8 Å². The Morgan fingerprint density at radius 3 is 1.29 bits per heavy atom. The predicted octanol–water partition coefficient (Wildman–Crippen LogP) is 1.53. The first-order valence-electron chi connectivity index (χ1n) is 7.93. The van der Waals surface area contributed by atoms with Gasteiger partial charge in [-0.2, -0.15) is 0 Å². The largest absolute Gasteiger partial charge is 0.497 e. The number of amides is 2. The van der Waals surface area contributed by atoms with Crippen molar-refractivity contribution in [3.05, 3.63) is 59.7 Å². The van der Waals surface area contributed by atoms with Gasteiger partial charge in [-0.15, -0.1) is 0 Å². The number of methoxy groups -OCH3 is 2. The molecule has 0 aromatic heterocycles. The molecular weight excluding hydrogens is 400 g/mol. The molecule has 2 amide bonds. The van der Waals surface area contributed by atoms with Crippen LogP contribution in [0.2, 0.25) is 0 Å². The summed E-state index contributed by atoms with van der Waals surface area (Å²) in [6, 6.07) is 13.0. The summed E-state index contributed by atoms with van der Waals surface area (Å²) in [5.41, 5.74) is 5.87. The zero-order chi connectivity index (χ0) is 20.5. The summed E-state index contributed by atoms with van der Waals surface area (Å²) in [7, 11) is 3.08. The topological polar surface area (TPSA) is 101 Å². The molecule has 146 valence electrons. The molecule has 0 saturated heterocycles. The summed E-state index contributed by atoms with van der Waals surface area (Å²) in [5, 5.41) is 4.93. The van der Waals surface area contributed by atoms with Crippen molar-refractivity contribution in [2.75, 3.05) is 14.2 Å². The third kappa shape index (κ3) is 6.18. The van der Waals surface area contributed by atoms with Crippen LogP contribution in [0.15, 0.2) is 48.5 Å². The Balaban J connectivity index is 1.78. The molecule has 0 aliphatic carbocycles. The Morgan fingerprint density at radius 2 is 1.00 bits per heavy atom. The maximum Gasteiger partial charge on any atom is 0.257 e. The minimum absolute atomic E-state index is 0.0122. The smallest absolute Gasteiger partial charge is 0.257 e. The molecule has 2 rings (SSSR count). The monoisotopic (exact) mass is 418 g/mol. The molecule has 0 bridgehead atoms. The van der Waals surface area contributed by atoms with E-state index >= 15 is 0 Å². The number of benzene rings is 2. The summed E-state index contributed by atoms with van der Waals surface area (Å²) in [6.07, 6.45) is 0. The van der Waals surface area contributed by atoms with Gasteiger partial charge in [0.2, 0.25) is 0 Å². The molecular formula is C18H18N4O4S2.